The first-order valence-corrected chi connectivity index (χ1v) is 13.6. The molecule has 4 amide bonds. The van der Waals surface area contributed by atoms with Gasteiger partial charge in [-0.2, -0.15) is 18.1 Å². The Morgan fingerprint density at radius 1 is 0.595 bits per heavy atom. The molecule has 0 fully saturated rings. The number of hydroxylamine groups is 1. The third kappa shape index (κ3) is 27.6. The molecule has 0 unspecified atom stereocenters. The SMILES string of the molecule is O=C(CCC(=O)NCC(=O)NCC(=O)NCCCS)NCCCOCCOCCOCCCNOOI. The minimum Gasteiger partial charge on any atom is -0.379 e. The molecule has 5 N–H and O–H groups in total. The number of ether oxygens (including phenoxy) is 3. The van der Waals surface area contributed by atoms with Crippen molar-refractivity contribution in [3.8, 4) is 0 Å². The fourth-order valence-corrected chi connectivity index (χ4v) is 2.73. The second-order valence-corrected chi connectivity index (χ2v) is 8.22. The van der Waals surface area contributed by atoms with Crippen LogP contribution < -0.4 is 26.7 Å². The number of carbonyl (C=O) groups excluding carboxylic acids is 4. The molecule has 14 nitrogen and oxygen atoms in total. The van der Waals surface area contributed by atoms with Crippen molar-refractivity contribution in [2.24, 2.45) is 0 Å². The van der Waals surface area contributed by atoms with Crippen molar-refractivity contribution in [3.05, 3.63) is 0 Å². The van der Waals surface area contributed by atoms with Gasteiger partial charge >= 0.3 is 0 Å². The van der Waals surface area contributed by atoms with Gasteiger partial charge in [-0.15, -0.1) is 8.21 Å². The number of carbonyl (C=O) groups is 4. The Hall–Kier alpha value is -1.28. The van der Waals surface area contributed by atoms with Crippen molar-refractivity contribution < 1.29 is 41.6 Å². The Balaban J connectivity index is 3.45. The first-order chi connectivity index (χ1) is 18.0. The minimum absolute atomic E-state index is 0.00884. The van der Waals surface area contributed by atoms with E-state index in [0.29, 0.717) is 71.4 Å². The molecule has 0 bridgehead atoms. The molecule has 0 aliphatic rings. The topological polar surface area (TPSA) is 175 Å². The maximum Gasteiger partial charge on any atom is 0.239 e. The van der Waals surface area contributed by atoms with Crippen molar-refractivity contribution in [2.75, 3.05) is 78.1 Å². The number of hydrogen-bond donors (Lipinski definition) is 6. The van der Waals surface area contributed by atoms with Gasteiger partial charge in [0.05, 0.1) is 39.5 Å². The lowest BCUT2D eigenvalue weighted by atomic mass is 10.2. The van der Waals surface area contributed by atoms with Crippen molar-refractivity contribution >= 4 is 59.3 Å². The fraction of sp³-hybridized carbons (Fsp3) is 0.810. The molecule has 0 atom stereocenters. The van der Waals surface area contributed by atoms with Crippen molar-refractivity contribution in [1.82, 2.24) is 26.7 Å². The highest BCUT2D eigenvalue weighted by Gasteiger charge is 2.09. The summed E-state index contributed by atoms with van der Waals surface area (Å²) in [7, 11) is 0. The first kappa shape index (κ1) is 35.7. The number of amides is 4. The maximum atomic E-state index is 11.8. The second kappa shape index (κ2) is 27.7. The van der Waals surface area contributed by atoms with Gasteiger partial charge < -0.3 is 35.5 Å². The molecular weight excluding hydrogens is 625 g/mol. The van der Waals surface area contributed by atoms with Gasteiger partial charge in [0, 0.05) is 45.7 Å². The number of hydrogen-bond acceptors (Lipinski definition) is 11. The fourth-order valence-electron chi connectivity index (χ4n) is 2.45. The molecule has 0 heterocycles. The van der Waals surface area contributed by atoms with E-state index < -0.39 is 11.8 Å². The van der Waals surface area contributed by atoms with E-state index in [4.69, 9.17) is 14.2 Å². The summed E-state index contributed by atoms with van der Waals surface area (Å²) in [5.41, 5.74) is 2.59. The van der Waals surface area contributed by atoms with Crippen LogP contribution in [0.3, 0.4) is 0 Å². The van der Waals surface area contributed by atoms with Crippen LogP contribution in [0.2, 0.25) is 0 Å². The minimum atomic E-state index is -0.487. The normalized spacial score (nSPS) is 10.6. The molecule has 0 saturated heterocycles. The molecule has 0 radical (unpaired) electrons. The van der Waals surface area contributed by atoms with Gasteiger partial charge in [-0.3, -0.25) is 19.2 Å². The third-order valence-electron chi connectivity index (χ3n) is 4.32. The third-order valence-corrected chi connectivity index (χ3v) is 4.81. The quantitative estimate of drug-likeness (QED) is 0.0225. The summed E-state index contributed by atoms with van der Waals surface area (Å²) in [6.45, 7) is 4.04. The smallest absolute Gasteiger partial charge is 0.239 e. The summed E-state index contributed by atoms with van der Waals surface area (Å²) in [6, 6.07) is 0. The highest BCUT2D eigenvalue weighted by atomic mass is 127. The summed E-state index contributed by atoms with van der Waals surface area (Å²) in [6.07, 6.45) is 2.11. The summed E-state index contributed by atoms with van der Waals surface area (Å²) in [5, 5.41) is 10.2. The molecule has 0 aromatic rings. The molecule has 16 heteroatoms. The second-order valence-electron chi connectivity index (χ2n) is 7.42. The lowest BCUT2D eigenvalue weighted by Gasteiger charge is -2.08. The van der Waals surface area contributed by atoms with Crippen LogP contribution in [0.1, 0.15) is 32.1 Å². The number of thiol groups is 1. The molecule has 0 rings (SSSR count). The standard InChI is InChI=1S/C21H40IN5O9S/c22-35-36-27-8-2-10-33-12-14-34-13-11-32-9-1-6-23-18(28)4-5-19(29)25-17-21(31)26-16-20(30)24-7-3-15-37/h27,37H,1-17H2,(H,23,28)(H,24,30)(H,25,29)(H,26,31). The summed E-state index contributed by atoms with van der Waals surface area (Å²) in [5.74, 6) is -0.828. The predicted octanol–water partition coefficient (Wildman–Crippen LogP) is -0.816. The van der Waals surface area contributed by atoms with Gasteiger partial charge in [-0.05, 0) is 25.0 Å². The number of halogens is 1. The maximum absolute atomic E-state index is 11.8. The van der Waals surface area contributed by atoms with Crippen molar-refractivity contribution in [1.29, 1.82) is 0 Å². The summed E-state index contributed by atoms with van der Waals surface area (Å²) < 4.78 is 20.6. The van der Waals surface area contributed by atoms with Crippen molar-refractivity contribution in [3.63, 3.8) is 0 Å². The average Bonchev–Trinajstić information content (AvgIpc) is 2.89. The average molecular weight is 666 g/mol. The molecule has 0 aromatic carbocycles. The van der Waals surface area contributed by atoms with Gasteiger partial charge in [0.25, 0.3) is 0 Å². The molecule has 0 spiro atoms. The highest BCUT2D eigenvalue weighted by Crippen LogP contribution is 1.91. The molecule has 0 aliphatic carbocycles. The molecule has 0 saturated carbocycles. The summed E-state index contributed by atoms with van der Waals surface area (Å²) >= 11 is 5.65. The van der Waals surface area contributed by atoms with E-state index in [2.05, 4.69) is 47.6 Å². The van der Waals surface area contributed by atoms with E-state index in [1.807, 2.05) is 0 Å². The summed E-state index contributed by atoms with van der Waals surface area (Å²) in [4.78, 5) is 51.2. The van der Waals surface area contributed by atoms with Gasteiger partial charge in [-0.1, -0.05) is 0 Å². The zero-order valence-corrected chi connectivity index (χ0v) is 24.1. The zero-order chi connectivity index (χ0) is 27.4. The Morgan fingerprint density at radius 2 is 1.05 bits per heavy atom. The van der Waals surface area contributed by atoms with Gasteiger partial charge in [0.15, 0.2) is 23.0 Å². The van der Waals surface area contributed by atoms with Crippen LogP contribution in [0.4, 0.5) is 0 Å². The Morgan fingerprint density at radius 3 is 1.65 bits per heavy atom. The van der Waals surface area contributed by atoms with Crippen LogP contribution in [0.5, 0.6) is 0 Å². The van der Waals surface area contributed by atoms with Crippen LogP contribution in [-0.4, -0.2) is 102 Å². The van der Waals surface area contributed by atoms with Gasteiger partial charge in [-0.25, -0.2) is 0 Å². The molecule has 37 heavy (non-hydrogen) atoms. The lowest BCUT2D eigenvalue weighted by Crippen LogP contribution is -2.42. The van der Waals surface area contributed by atoms with E-state index in [1.165, 1.54) is 0 Å². The Labute approximate surface area is 237 Å². The van der Waals surface area contributed by atoms with Crippen molar-refractivity contribution in [2.45, 2.75) is 32.1 Å². The molecule has 216 valence electrons. The number of nitrogens with one attached hydrogen (secondary N) is 5. The van der Waals surface area contributed by atoms with Crippen LogP contribution in [0, 0.1) is 0 Å². The van der Waals surface area contributed by atoms with Crippen LogP contribution in [0.15, 0.2) is 0 Å². The van der Waals surface area contributed by atoms with Gasteiger partial charge in [0.1, 0.15) is 0 Å². The monoisotopic (exact) mass is 665 g/mol. The van der Waals surface area contributed by atoms with Crippen LogP contribution >= 0.6 is 35.6 Å². The predicted molar refractivity (Wildman–Crippen MR) is 146 cm³/mol. The number of rotatable bonds is 26. The van der Waals surface area contributed by atoms with E-state index in [1.54, 1.807) is 23.0 Å². The van der Waals surface area contributed by atoms with E-state index in [-0.39, 0.29) is 37.7 Å². The lowest BCUT2D eigenvalue weighted by molar-refractivity contribution is -0.223. The highest BCUT2D eigenvalue weighted by molar-refractivity contribution is 14.1. The van der Waals surface area contributed by atoms with Gasteiger partial charge in [0.2, 0.25) is 23.6 Å². The van der Waals surface area contributed by atoms with Crippen LogP contribution in [-0.2, 0) is 41.6 Å². The van der Waals surface area contributed by atoms with E-state index >= 15 is 0 Å². The zero-order valence-electron chi connectivity index (χ0n) is 21.0. The molecular formula is C21H40IN5O9S. The van der Waals surface area contributed by atoms with Crippen LogP contribution in [0.25, 0.3) is 0 Å². The molecule has 0 aliphatic heterocycles. The van der Waals surface area contributed by atoms with E-state index in [0.717, 1.165) is 12.8 Å². The van der Waals surface area contributed by atoms with E-state index in [9.17, 15) is 19.2 Å². The molecule has 0 aromatic heterocycles. The largest absolute Gasteiger partial charge is 0.379 e. The Kier molecular flexibility index (Phi) is 26.8. The Bertz CT molecular complexity index is 623. The first-order valence-electron chi connectivity index (χ1n) is 12.1.